The molecule has 20 heavy (non-hydrogen) atoms. The first-order chi connectivity index (χ1) is 9.47. The molecule has 106 valence electrons. The van der Waals surface area contributed by atoms with E-state index in [4.69, 9.17) is 22.4 Å². The summed E-state index contributed by atoms with van der Waals surface area (Å²) in [5, 5.41) is 8.99. The van der Waals surface area contributed by atoms with Crippen LogP contribution >= 0.6 is 11.6 Å². The SMILES string of the molecule is Cc1nc(Cl)nc(N)c1C#CC1CCN(C(=O)O)CC1. The highest BCUT2D eigenvalue weighted by atomic mass is 35.5. The van der Waals surface area contributed by atoms with Gasteiger partial charge >= 0.3 is 6.09 Å². The normalized spacial score (nSPS) is 15.6. The van der Waals surface area contributed by atoms with E-state index in [9.17, 15) is 4.79 Å². The molecule has 6 nitrogen and oxygen atoms in total. The van der Waals surface area contributed by atoms with Crippen LogP contribution in [0.1, 0.15) is 24.1 Å². The molecular weight excluding hydrogens is 280 g/mol. The van der Waals surface area contributed by atoms with Crippen LogP contribution < -0.4 is 5.73 Å². The Morgan fingerprint density at radius 2 is 2.10 bits per heavy atom. The zero-order chi connectivity index (χ0) is 14.7. The number of aryl methyl sites for hydroxylation is 1. The Morgan fingerprint density at radius 3 is 2.65 bits per heavy atom. The van der Waals surface area contributed by atoms with Crippen molar-refractivity contribution < 1.29 is 9.90 Å². The molecule has 1 fully saturated rings. The van der Waals surface area contributed by atoms with Gasteiger partial charge in [0.15, 0.2) is 0 Å². The van der Waals surface area contributed by atoms with Crippen LogP contribution in [0.2, 0.25) is 5.28 Å². The second kappa shape index (κ2) is 5.97. The number of nitrogens with zero attached hydrogens (tertiary/aromatic N) is 3. The molecule has 7 heteroatoms. The monoisotopic (exact) mass is 294 g/mol. The number of aromatic nitrogens is 2. The Labute approximate surface area is 122 Å². The number of hydrogen-bond donors (Lipinski definition) is 2. The third-order valence-electron chi connectivity index (χ3n) is 3.26. The molecule has 0 aromatic carbocycles. The van der Waals surface area contributed by atoms with Gasteiger partial charge in [-0.1, -0.05) is 11.8 Å². The molecule has 0 saturated carbocycles. The van der Waals surface area contributed by atoms with Gasteiger partial charge in [0.2, 0.25) is 5.28 Å². The molecule has 1 aliphatic heterocycles. The fourth-order valence-electron chi connectivity index (χ4n) is 2.10. The van der Waals surface area contributed by atoms with Crippen molar-refractivity contribution in [3.05, 3.63) is 16.5 Å². The van der Waals surface area contributed by atoms with Gasteiger partial charge in [0, 0.05) is 19.0 Å². The van der Waals surface area contributed by atoms with E-state index in [0.717, 1.165) is 12.8 Å². The molecule has 0 radical (unpaired) electrons. The molecule has 0 aliphatic carbocycles. The molecule has 0 atom stereocenters. The Kier molecular flexibility index (Phi) is 4.30. The zero-order valence-corrected chi connectivity index (χ0v) is 11.8. The van der Waals surface area contributed by atoms with E-state index in [-0.39, 0.29) is 17.0 Å². The lowest BCUT2D eigenvalue weighted by Gasteiger charge is -2.27. The molecule has 1 aliphatic rings. The standard InChI is InChI=1S/C13H15ClN4O2/c1-8-10(11(15)17-12(14)16-8)3-2-9-4-6-18(7-5-9)13(19)20/h9H,4-7H2,1H3,(H,19,20)(H2,15,16,17). The van der Waals surface area contributed by atoms with Crippen molar-refractivity contribution in [3.8, 4) is 11.8 Å². The van der Waals surface area contributed by atoms with Crippen LogP contribution in [0, 0.1) is 24.7 Å². The summed E-state index contributed by atoms with van der Waals surface area (Å²) < 4.78 is 0. The van der Waals surface area contributed by atoms with Crippen molar-refractivity contribution in [1.82, 2.24) is 14.9 Å². The topological polar surface area (TPSA) is 92.3 Å². The van der Waals surface area contributed by atoms with Crippen molar-refractivity contribution in [1.29, 1.82) is 0 Å². The summed E-state index contributed by atoms with van der Waals surface area (Å²) >= 11 is 5.71. The number of likely N-dealkylation sites (tertiary alicyclic amines) is 1. The van der Waals surface area contributed by atoms with Crippen LogP contribution in [0.3, 0.4) is 0 Å². The lowest BCUT2D eigenvalue weighted by molar-refractivity contribution is 0.130. The smallest absolute Gasteiger partial charge is 0.407 e. The van der Waals surface area contributed by atoms with Gasteiger partial charge in [0.05, 0.1) is 11.3 Å². The Bertz CT molecular complexity index is 563. The average molecular weight is 295 g/mol. The summed E-state index contributed by atoms with van der Waals surface area (Å²) in [6, 6.07) is 0. The van der Waals surface area contributed by atoms with Crippen molar-refractivity contribution in [2.24, 2.45) is 5.92 Å². The number of nitrogens with two attached hydrogens (primary N) is 1. The zero-order valence-electron chi connectivity index (χ0n) is 11.1. The number of rotatable bonds is 0. The number of carboxylic acid groups (broad SMARTS) is 1. The van der Waals surface area contributed by atoms with Gasteiger partial charge in [0.1, 0.15) is 5.82 Å². The summed E-state index contributed by atoms with van der Waals surface area (Å²) in [6.45, 7) is 2.81. The minimum Gasteiger partial charge on any atom is -0.465 e. The Balaban J connectivity index is 2.08. The first-order valence-electron chi connectivity index (χ1n) is 6.26. The maximum absolute atomic E-state index is 10.8. The van der Waals surface area contributed by atoms with Crippen LogP contribution in [-0.2, 0) is 0 Å². The van der Waals surface area contributed by atoms with Gasteiger partial charge in [-0.05, 0) is 31.4 Å². The predicted octanol–water partition coefficient (Wildman–Crippen LogP) is 1.76. The van der Waals surface area contributed by atoms with E-state index in [0.29, 0.717) is 24.3 Å². The molecule has 1 aromatic rings. The highest BCUT2D eigenvalue weighted by molar-refractivity contribution is 6.28. The molecule has 1 saturated heterocycles. The molecule has 0 unspecified atom stereocenters. The van der Waals surface area contributed by atoms with E-state index >= 15 is 0 Å². The van der Waals surface area contributed by atoms with Gasteiger partial charge in [-0.15, -0.1) is 0 Å². The third-order valence-corrected chi connectivity index (χ3v) is 3.43. The Morgan fingerprint density at radius 1 is 1.45 bits per heavy atom. The summed E-state index contributed by atoms with van der Waals surface area (Å²) in [7, 11) is 0. The Hall–Kier alpha value is -2.00. The molecule has 1 amide bonds. The molecule has 2 rings (SSSR count). The number of anilines is 1. The lowest BCUT2D eigenvalue weighted by Crippen LogP contribution is -2.37. The van der Waals surface area contributed by atoms with E-state index in [1.165, 1.54) is 4.90 Å². The first-order valence-corrected chi connectivity index (χ1v) is 6.64. The van der Waals surface area contributed by atoms with Gasteiger partial charge in [-0.3, -0.25) is 0 Å². The first kappa shape index (κ1) is 14.4. The molecule has 0 bridgehead atoms. The third kappa shape index (κ3) is 3.31. The van der Waals surface area contributed by atoms with E-state index < -0.39 is 6.09 Å². The second-order valence-electron chi connectivity index (χ2n) is 4.65. The van der Waals surface area contributed by atoms with Gasteiger partial charge in [-0.25, -0.2) is 9.78 Å². The van der Waals surface area contributed by atoms with Crippen LogP contribution in [0.5, 0.6) is 0 Å². The number of piperidine rings is 1. The van der Waals surface area contributed by atoms with Gasteiger partial charge < -0.3 is 15.7 Å². The number of carbonyl (C=O) groups is 1. The largest absolute Gasteiger partial charge is 0.465 e. The summed E-state index contributed by atoms with van der Waals surface area (Å²) in [6.07, 6.45) is 0.585. The summed E-state index contributed by atoms with van der Waals surface area (Å²) in [5.74, 6) is 6.57. The van der Waals surface area contributed by atoms with Crippen LogP contribution in [0.4, 0.5) is 10.6 Å². The fraction of sp³-hybridized carbons (Fsp3) is 0.462. The van der Waals surface area contributed by atoms with Crippen LogP contribution in [0.25, 0.3) is 0 Å². The average Bonchev–Trinajstić information content (AvgIpc) is 2.38. The van der Waals surface area contributed by atoms with E-state index in [2.05, 4.69) is 21.8 Å². The molecular formula is C13H15ClN4O2. The van der Waals surface area contributed by atoms with Crippen molar-refractivity contribution in [2.45, 2.75) is 19.8 Å². The number of nitrogen functional groups attached to an aromatic ring is 1. The number of hydrogen-bond acceptors (Lipinski definition) is 4. The van der Waals surface area contributed by atoms with Gasteiger partial charge in [0.25, 0.3) is 0 Å². The van der Waals surface area contributed by atoms with Gasteiger partial charge in [-0.2, -0.15) is 4.98 Å². The lowest BCUT2D eigenvalue weighted by atomic mass is 9.97. The minimum atomic E-state index is -0.873. The van der Waals surface area contributed by atoms with Crippen LogP contribution in [-0.4, -0.2) is 39.2 Å². The number of halogens is 1. The quantitative estimate of drug-likeness (QED) is 0.562. The van der Waals surface area contributed by atoms with E-state index in [1.807, 2.05) is 0 Å². The summed E-state index contributed by atoms with van der Waals surface area (Å²) in [5.41, 5.74) is 7.02. The maximum atomic E-state index is 10.8. The van der Waals surface area contributed by atoms with Crippen molar-refractivity contribution in [3.63, 3.8) is 0 Å². The van der Waals surface area contributed by atoms with Crippen molar-refractivity contribution in [2.75, 3.05) is 18.8 Å². The highest BCUT2D eigenvalue weighted by Gasteiger charge is 2.20. The predicted molar refractivity (Wildman–Crippen MR) is 75.4 cm³/mol. The minimum absolute atomic E-state index is 0.111. The fourth-order valence-corrected chi connectivity index (χ4v) is 2.32. The molecule has 1 aromatic heterocycles. The molecule has 3 N–H and O–H groups in total. The van der Waals surface area contributed by atoms with Crippen molar-refractivity contribution >= 4 is 23.5 Å². The highest BCUT2D eigenvalue weighted by Crippen LogP contribution is 2.18. The molecule has 0 spiro atoms. The molecule has 2 heterocycles. The van der Waals surface area contributed by atoms with E-state index in [1.54, 1.807) is 6.92 Å². The van der Waals surface area contributed by atoms with Crippen LogP contribution in [0.15, 0.2) is 0 Å². The second-order valence-corrected chi connectivity index (χ2v) is 4.99. The summed E-state index contributed by atoms with van der Waals surface area (Å²) in [4.78, 5) is 20.1. The maximum Gasteiger partial charge on any atom is 0.407 e. The number of amides is 1.